The highest BCUT2D eigenvalue weighted by atomic mass is 35.5. The normalized spacial score (nSPS) is 23.2. The van der Waals surface area contributed by atoms with E-state index in [1.807, 2.05) is 30.3 Å². The zero-order valence-corrected chi connectivity index (χ0v) is 13.4. The number of β-lactam (4-membered cyclic amide) rings is 1. The summed E-state index contributed by atoms with van der Waals surface area (Å²) < 4.78 is 0. The Balaban J connectivity index is 1.67. The summed E-state index contributed by atoms with van der Waals surface area (Å²) in [5.41, 5.74) is 0.660. The lowest BCUT2D eigenvalue weighted by Gasteiger charge is -2.48. The molecule has 2 aliphatic heterocycles. The second-order valence-electron chi connectivity index (χ2n) is 5.18. The van der Waals surface area contributed by atoms with E-state index < -0.39 is 23.3 Å². The number of carboxylic acid groups (broad SMARTS) is 1. The molecule has 0 aliphatic carbocycles. The zero-order valence-electron chi connectivity index (χ0n) is 11.9. The van der Waals surface area contributed by atoms with Gasteiger partial charge in [-0.05, 0) is 5.56 Å². The second-order valence-corrected chi connectivity index (χ2v) is 6.74. The molecule has 0 spiro atoms. The van der Waals surface area contributed by atoms with E-state index in [0.717, 1.165) is 10.5 Å². The number of aliphatic carboxylic acids is 1. The Labute approximate surface area is 141 Å². The smallest absolute Gasteiger partial charge is 0.353 e. The van der Waals surface area contributed by atoms with Crippen molar-refractivity contribution in [2.24, 2.45) is 0 Å². The third-order valence-electron chi connectivity index (χ3n) is 3.65. The van der Waals surface area contributed by atoms with Gasteiger partial charge in [0.2, 0.25) is 5.91 Å². The summed E-state index contributed by atoms with van der Waals surface area (Å²) in [7, 11) is 0. The summed E-state index contributed by atoms with van der Waals surface area (Å²) in [6, 6.07) is 8.47. The number of amides is 2. The summed E-state index contributed by atoms with van der Waals surface area (Å²) in [5, 5.41) is 11.6. The van der Waals surface area contributed by atoms with Gasteiger partial charge in [0, 0.05) is 5.75 Å². The Morgan fingerprint density at radius 3 is 2.70 bits per heavy atom. The maximum atomic E-state index is 12.2. The number of halogens is 1. The van der Waals surface area contributed by atoms with E-state index in [9.17, 15) is 19.5 Å². The Bertz CT molecular complexity index is 707. The Hall–Kier alpha value is -1.99. The molecule has 0 radical (unpaired) electrons. The van der Waals surface area contributed by atoms with Gasteiger partial charge in [0.15, 0.2) is 0 Å². The van der Waals surface area contributed by atoms with Crippen molar-refractivity contribution < 1.29 is 19.5 Å². The van der Waals surface area contributed by atoms with Crippen LogP contribution in [-0.2, 0) is 20.8 Å². The Morgan fingerprint density at radius 1 is 1.35 bits per heavy atom. The van der Waals surface area contributed by atoms with Crippen LogP contribution in [0.4, 0.5) is 0 Å². The minimum atomic E-state index is -1.23. The number of nitrogens with zero attached hydrogens (tertiary/aromatic N) is 1. The molecule has 1 aromatic rings. The summed E-state index contributed by atoms with van der Waals surface area (Å²) >= 11 is 7.23. The van der Waals surface area contributed by atoms with Gasteiger partial charge in [-0.25, -0.2) is 4.79 Å². The SMILES string of the molecule is O=C(Cc1ccccc1)N[C@@H]1C(=O)N2C(C(=O)O)=C(Cl)CSC12. The highest BCUT2D eigenvalue weighted by Crippen LogP contribution is 2.41. The molecule has 1 unspecified atom stereocenters. The maximum Gasteiger partial charge on any atom is 0.353 e. The fourth-order valence-corrected chi connectivity index (χ4v) is 4.14. The molecule has 23 heavy (non-hydrogen) atoms. The van der Waals surface area contributed by atoms with Crippen molar-refractivity contribution in [1.29, 1.82) is 0 Å². The standard InChI is InChI=1S/C15H13ClN2O4S/c16-9-7-23-14-11(13(20)18(14)12(9)15(21)22)17-10(19)6-8-4-2-1-3-5-8/h1-5,11,14H,6-7H2,(H,17,19)(H,21,22)/t11-,14?/m1/s1. The predicted octanol–water partition coefficient (Wildman–Crippen LogP) is 1.16. The number of nitrogens with one attached hydrogen (secondary N) is 1. The van der Waals surface area contributed by atoms with E-state index in [2.05, 4.69) is 5.32 Å². The van der Waals surface area contributed by atoms with Crippen LogP contribution in [0, 0.1) is 0 Å². The molecule has 0 bridgehead atoms. The van der Waals surface area contributed by atoms with Gasteiger partial charge in [-0.3, -0.25) is 14.5 Å². The lowest BCUT2D eigenvalue weighted by atomic mass is 10.0. The minimum Gasteiger partial charge on any atom is -0.477 e. The molecule has 2 atom stereocenters. The number of hydrogen-bond acceptors (Lipinski definition) is 4. The molecule has 2 N–H and O–H groups in total. The number of rotatable bonds is 4. The van der Waals surface area contributed by atoms with Gasteiger partial charge < -0.3 is 10.4 Å². The molecule has 2 aliphatic rings. The number of carbonyl (C=O) groups excluding carboxylic acids is 2. The fraction of sp³-hybridized carbons (Fsp3) is 0.267. The molecule has 1 saturated heterocycles. The number of benzene rings is 1. The summed E-state index contributed by atoms with van der Waals surface area (Å²) in [5.74, 6) is -1.64. The van der Waals surface area contributed by atoms with Crippen LogP contribution in [-0.4, -0.2) is 45.0 Å². The van der Waals surface area contributed by atoms with Gasteiger partial charge in [0.05, 0.1) is 11.5 Å². The summed E-state index contributed by atoms with van der Waals surface area (Å²) in [6.45, 7) is 0. The number of carbonyl (C=O) groups is 3. The predicted molar refractivity (Wildman–Crippen MR) is 85.7 cm³/mol. The van der Waals surface area contributed by atoms with Crippen LogP contribution in [0.2, 0.25) is 0 Å². The van der Waals surface area contributed by atoms with Gasteiger partial charge in [-0.2, -0.15) is 0 Å². The van der Waals surface area contributed by atoms with Crippen LogP contribution in [0.25, 0.3) is 0 Å². The first-order valence-corrected chi connectivity index (χ1v) is 8.31. The van der Waals surface area contributed by atoms with Crippen LogP contribution in [0.5, 0.6) is 0 Å². The van der Waals surface area contributed by atoms with E-state index >= 15 is 0 Å². The van der Waals surface area contributed by atoms with Crippen LogP contribution < -0.4 is 5.32 Å². The van der Waals surface area contributed by atoms with Crippen LogP contribution in [0.3, 0.4) is 0 Å². The minimum absolute atomic E-state index is 0.140. The van der Waals surface area contributed by atoms with Crippen molar-refractivity contribution in [3.05, 3.63) is 46.6 Å². The Morgan fingerprint density at radius 2 is 2.04 bits per heavy atom. The van der Waals surface area contributed by atoms with Crippen molar-refractivity contribution in [2.75, 3.05) is 5.75 Å². The molecule has 1 fully saturated rings. The van der Waals surface area contributed by atoms with Crippen LogP contribution in [0.15, 0.2) is 41.1 Å². The summed E-state index contributed by atoms with van der Waals surface area (Å²) in [4.78, 5) is 36.6. The zero-order chi connectivity index (χ0) is 16.6. The molecule has 1 aromatic carbocycles. The molecule has 2 heterocycles. The lowest BCUT2D eigenvalue weighted by Crippen LogP contribution is -2.70. The number of hydrogen-bond donors (Lipinski definition) is 2. The largest absolute Gasteiger partial charge is 0.477 e. The topological polar surface area (TPSA) is 86.7 Å². The number of fused-ring (bicyclic) bond motifs is 1. The molecule has 0 saturated carbocycles. The average Bonchev–Trinajstić information content (AvgIpc) is 2.53. The summed E-state index contributed by atoms with van der Waals surface area (Å²) in [6.07, 6.45) is 0.171. The van der Waals surface area contributed by atoms with Crippen molar-refractivity contribution in [1.82, 2.24) is 10.2 Å². The molecule has 8 heteroatoms. The number of thioether (sulfide) groups is 1. The number of carboxylic acids is 1. The molecule has 3 rings (SSSR count). The van der Waals surface area contributed by atoms with E-state index in [-0.39, 0.29) is 23.1 Å². The van der Waals surface area contributed by atoms with Gasteiger partial charge in [0.1, 0.15) is 17.1 Å². The first kappa shape index (κ1) is 15.9. The van der Waals surface area contributed by atoms with E-state index in [4.69, 9.17) is 11.6 Å². The third-order valence-corrected chi connectivity index (χ3v) is 5.40. The highest BCUT2D eigenvalue weighted by molar-refractivity contribution is 8.00. The molecule has 120 valence electrons. The van der Waals surface area contributed by atoms with Crippen molar-refractivity contribution in [3.63, 3.8) is 0 Å². The van der Waals surface area contributed by atoms with Crippen molar-refractivity contribution >= 4 is 41.1 Å². The van der Waals surface area contributed by atoms with Gasteiger partial charge in [-0.1, -0.05) is 41.9 Å². The quantitative estimate of drug-likeness (QED) is 0.794. The first-order valence-electron chi connectivity index (χ1n) is 6.89. The van der Waals surface area contributed by atoms with E-state index in [1.54, 1.807) is 0 Å². The van der Waals surface area contributed by atoms with E-state index in [1.165, 1.54) is 11.8 Å². The highest BCUT2D eigenvalue weighted by Gasteiger charge is 2.54. The van der Waals surface area contributed by atoms with E-state index in [0.29, 0.717) is 5.75 Å². The third kappa shape index (κ3) is 2.94. The van der Waals surface area contributed by atoms with Gasteiger partial charge in [0.25, 0.3) is 5.91 Å². The van der Waals surface area contributed by atoms with Gasteiger partial charge >= 0.3 is 5.97 Å². The molecule has 0 aromatic heterocycles. The fourth-order valence-electron chi connectivity index (χ4n) is 2.59. The maximum absolute atomic E-state index is 12.2. The lowest BCUT2D eigenvalue weighted by molar-refractivity contribution is -0.150. The van der Waals surface area contributed by atoms with Crippen molar-refractivity contribution in [2.45, 2.75) is 17.8 Å². The first-order chi connectivity index (χ1) is 11.0. The average molecular weight is 353 g/mol. The molecular weight excluding hydrogens is 340 g/mol. The van der Waals surface area contributed by atoms with Crippen LogP contribution in [0.1, 0.15) is 5.56 Å². The van der Waals surface area contributed by atoms with Crippen molar-refractivity contribution in [3.8, 4) is 0 Å². The molecule has 2 amide bonds. The second kappa shape index (κ2) is 6.25. The van der Waals surface area contributed by atoms with Crippen LogP contribution >= 0.6 is 23.4 Å². The molecular formula is C15H13ClN2O4S. The van der Waals surface area contributed by atoms with Gasteiger partial charge in [-0.15, -0.1) is 11.8 Å². The molecule has 6 nitrogen and oxygen atoms in total. The monoisotopic (exact) mass is 352 g/mol. The Kier molecular flexibility index (Phi) is 4.32.